The minimum Gasteiger partial charge on any atom is -0.0955 e. The molecule has 0 fully saturated rings. The molecule has 3 aromatic rings. The van der Waals surface area contributed by atoms with Crippen LogP contribution in [-0.4, -0.2) is 0 Å². The van der Waals surface area contributed by atoms with Crippen LogP contribution < -0.4 is 0 Å². The molecule has 0 aliphatic rings. The lowest BCUT2D eigenvalue weighted by atomic mass is 10.0. The van der Waals surface area contributed by atoms with Crippen LogP contribution in [0, 0.1) is 27.7 Å². The number of benzene rings is 3. The predicted octanol–water partition coefficient (Wildman–Crippen LogP) is 9.09. The molecular weight excluding hydrogens is 360 g/mol. The second-order valence-corrected chi connectivity index (χ2v) is 7.71. The molecule has 0 saturated heterocycles. The number of allylic oxidation sites excluding steroid dienone is 1. The molecular formula is C30H42. The zero-order chi connectivity index (χ0) is 21.8. The maximum Gasteiger partial charge on any atom is -0.0204 e. The molecule has 0 atom stereocenters. The van der Waals surface area contributed by atoms with Crippen molar-refractivity contribution in [3.8, 4) is 0 Å². The van der Waals surface area contributed by atoms with E-state index in [1.807, 2.05) is 19.1 Å². The maximum absolute atomic E-state index is 3.89. The van der Waals surface area contributed by atoms with E-state index in [0.717, 1.165) is 18.4 Å². The van der Waals surface area contributed by atoms with E-state index in [1.165, 1.54) is 38.9 Å². The summed E-state index contributed by atoms with van der Waals surface area (Å²) in [6.07, 6.45) is 2.28. The lowest BCUT2D eigenvalue weighted by Gasteiger charge is -2.02. The molecule has 0 radical (unpaired) electrons. The monoisotopic (exact) mass is 402 g/mol. The Balaban J connectivity index is 0.000000414. The molecule has 3 rings (SSSR count). The summed E-state index contributed by atoms with van der Waals surface area (Å²) in [5.74, 6) is 0. The molecule has 162 valence electrons. The first-order valence-electron chi connectivity index (χ1n) is 10.6. The van der Waals surface area contributed by atoms with Crippen molar-refractivity contribution in [1.82, 2.24) is 0 Å². The van der Waals surface area contributed by atoms with Gasteiger partial charge in [-0.25, -0.2) is 0 Å². The molecule has 30 heavy (non-hydrogen) atoms. The van der Waals surface area contributed by atoms with Crippen LogP contribution in [0.1, 0.15) is 67.1 Å². The Morgan fingerprint density at radius 1 is 0.667 bits per heavy atom. The van der Waals surface area contributed by atoms with Gasteiger partial charge in [0.2, 0.25) is 0 Å². The van der Waals surface area contributed by atoms with Crippen molar-refractivity contribution in [2.24, 2.45) is 0 Å². The summed E-state index contributed by atoms with van der Waals surface area (Å²) in [6.45, 7) is 18.8. The number of hydrogen-bond acceptors (Lipinski definition) is 0. The first kappa shape index (κ1) is 27.4. The molecule has 0 aliphatic heterocycles. The summed E-state index contributed by atoms with van der Waals surface area (Å²) >= 11 is 0. The van der Waals surface area contributed by atoms with Gasteiger partial charge in [0.15, 0.2) is 0 Å². The molecule has 3 aromatic carbocycles. The Kier molecular flexibility index (Phi) is 13.1. The van der Waals surface area contributed by atoms with Crippen LogP contribution in [0.3, 0.4) is 0 Å². The molecule has 0 bridgehead atoms. The van der Waals surface area contributed by atoms with Crippen LogP contribution in [0.15, 0.2) is 73.3 Å². The fourth-order valence-corrected chi connectivity index (χ4v) is 3.01. The fraction of sp³-hybridized carbons (Fsp3) is 0.333. The van der Waals surface area contributed by atoms with Gasteiger partial charge in [0.1, 0.15) is 0 Å². The summed E-state index contributed by atoms with van der Waals surface area (Å²) < 4.78 is 0. The smallest absolute Gasteiger partial charge is 0.0204 e. The van der Waals surface area contributed by atoms with E-state index >= 15 is 0 Å². The quantitative estimate of drug-likeness (QED) is 0.410. The van der Waals surface area contributed by atoms with Gasteiger partial charge >= 0.3 is 0 Å². The first-order chi connectivity index (χ1) is 13.8. The molecule has 0 aliphatic carbocycles. The minimum atomic E-state index is 0. The van der Waals surface area contributed by atoms with Gasteiger partial charge in [0, 0.05) is 0 Å². The zero-order valence-electron chi connectivity index (χ0n) is 19.5. The molecule has 0 nitrogen and oxygen atoms in total. The summed E-state index contributed by atoms with van der Waals surface area (Å²) in [5, 5.41) is 0. The van der Waals surface area contributed by atoms with Crippen molar-refractivity contribution in [3.63, 3.8) is 0 Å². The van der Waals surface area contributed by atoms with Crippen molar-refractivity contribution in [2.75, 3.05) is 0 Å². The van der Waals surface area contributed by atoms with Crippen molar-refractivity contribution >= 4 is 5.57 Å². The summed E-state index contributed by atoms with van der Waals surface area (Å²) in [6, 6.07) is 23.5. The highest BCUT2D eigenvalue weighted by Crippen LogP contribution is 2.15. The van der Waals surface area contributed by atoms with Crippen LogP contribution in [0.5, 0.6) is 0 Å². The highest BCUT2D eigenvalue weighted by molar-refractivity contribution is 5.63. The molecule has 0 heteroatoms. The van der Waals surface area contributed by atoms with E-state index in [2.05, 4.69) is 103 Å². The average molecular weight is 403 g/mol. The van der Waals surface area contributed by atoms with E-state index in [4.69, 9.17) is 0 Å². The Bertz CT molecular complexity index is 899. The van der Waals surface area contributed by atoms with E-state index in [0.29, 0.717) is 0 Å². The third-order valence-corrected chi connectivity index (χ3v) is 5.08. The number of rotatable bonds is 3. The van der Waals surface area contributed by atoms with Gasteiger partial charge in [0.25, 0.3) is 0 Å². The van der Waals surface area contributed by atoms with Crippen LogP contribution in [-0.2, 0) is 12.8 Å². The Morgan fingerprint density at radius 3 is 1.70 bits per heavy atom. The molecule has 0 N–H and O–H groups in total. The van der Waals surface area contributed by atoms with Crippen LogP contribution in [0.25, 0.3) is 5.57 Å². The first-order valence-corrected chi connectivity index (χ1v) is 10.6. The van der Waals surface area contributed by atoms with Crippen LogP contribution in [0.4, 0.5) is 0 Å². The van der Waals surface area contributed by atoms with Gasteiger partial charge in [-0.05, 0) is 80.8 Å². The highest BCUT2D eigenvalue weighted by Gasteiger charge is 1.94. The van der Waals surface area contributed by atoms with Gasteiger partial charge in [-0.2, -0.15) is 0 Å². The van der Waals surface area contributed by atoms with E-state index < -0.39 is 0 Å². The number of aryl methyl sites for hydroxylation is 6. The van der Waals surface area contributed by atoms with E-state index in [9.17, 15) is 0 Å². The third-order valence-electron chi connectivity index (χ3n) is 5.08. The van der Waals surface area contributed by atoms with E-state index in [1.54, 1.807) is 0 Å². The van der Waals surface area contributed by atoms with Crippen molar-refractivity contribution in [1.29, 1.82) is 0 Å². The molecule has 0 heterocycles. The van der Waals surface area contributed by atoms with E-state index in [-0.39, 0.29) is 7.43 Å². The third kappa shape index (κ3) is 9.74. The van der Waals surface area contributed by atoms with Crippen molar-refractivity contribution in [3.05, 3.63) is 112 Å². The van der Waals surface area contributed by atoms with Gasteiger partial charge in [-0.3, -0.25) is 0 Å². The molecule has 0 spiro atoms. The SMILES string of the molecule is C.C=C(C)c1ccccc1C.CCc1ccc(C)c(C)c1.CCc1cccc(C)c1. The maximum atomic E-state index is 3.89. The fourth-order valence-electron chi connectivity index (χ4n) is 3.01. The van der Waals surface area contributed by atoms with Crippen LogP contribution >= 0.6 is 0 Å². The average Bonchev–Trinajstić information content (AvgIpc) is 2.71. The Morgan fingerprint density at radius 2 is 1.27 bits per heavy atom. The second kappa shape index (κ2) is 14.4. The molecule has 0 amide bonds. The lowest BCUT2D eigenvalue weighted by molar-refractivity contribution is 1.12. The molecule has 0 aromatic heterocycles. The minimum absolute atomic E-state index is 0. The Labute approximate surface area is 186 Å². The van der Waals surface area contributed by atoms with Gasteiger partial charge in [0.05, 0.1) is 0 Å². The lowest BCUT2D eigenvalue weighted by Crippen LogP contribution is -1.84. The predicted molar refractivity (Wildman–Crippen MR) is 138 cm³/mol. The van der Waals surface area contributed by atoms with Gasteiger partial charge in [-0.15, -0.1) is 0 Å². The summed E-state index contributed by atoms with van der Waals surface area (Å²) in [5.41, 5.74) is 10.7. The Hall–Kier alpha value is -2.60. The van der Waals surface area contributed by atoms with Gasteiger partial charge < -0.3 is 0 Å². The number of hydrogen-bond donors (Lipinski definition) is 0. The standard InChI is InChI=1S/C10H12.C10H14.C9H12.CH4/c1-8(2)10-7-5-4-6-9(10)3;1-4-10-6-5-8(2)9(3)7-10;1-3-9-6-4-5-8(2)7-9;/h4-7H,1H2,2-3H3;5-7H,4H2,1-3H3;4-7H,3H2,1-2H3;1H4. The topological polar surface area (TPSA) is 0 Å². The van der Waals surface area contributed by atoms with Gasteiger partial charge in [-0.1, -0.05) is 106 Å². The van der Waals surface area contributed by atoms with Crippen molar-refractivity contribution in [2.45, 2.75) is 68.7 Å². The summed E-state index contributed by atoms with van der Waals surface area (Å²) in [4.78, 5) is 0. The van der Waals surface area contributed by atoms with Crippen LogP contribution in [0.2, 0.25) is 0 Å². The normalized spacial score (nSPS) is 9.30. The second-order valence-electron chi connectivity index (χ2n) is 7.71. The van der Waals surface area contributed by atoms with Crippen molar-refractivity contribution < 1.29 is 0 Å². The molecule has 0 unspecified atom stereocenters. The zero-order valence-corrected chi connectivity index (χ0v) is 19.5. The highest BCUT2D eigenvalue weighted by atomic mass is 14.0. The largest absolute Gasteiger partial charge is 0.0955 e. The summed E-state index contributed by atoms with van der Waals surface area (Å²) in [7, 11) is 0. The molecule has 0 saturated carbocycles.